The summed E-state index contributed by atoms with van der Waals surface area (Å²) < 4.78 is 8.80. The summed E-state index contributed by atoms with van der Waals surface area (Å²) in [4.78, 5) is 2.48. The SMILES string of the molecule is c1ccc(-c2ccc3oc4ccc(-c5ccc(N(c6ccc(-c7cccc8c7c7ccccc7n8-c7ccccc7)cc6)c6cccc7c6-c6ccccc6C76c7ccccc7-c7ccccc76)cc5)cc4c3c2)cc1. The molecule has 0 N–H and O–H groups in total. The monoisotopic (exact) mass is 966 g/mol. The van der Waals surface area contributed by atoms with Crippen molar-refractivity contribution >= 4 is 60.8 Å². The lowest BCUT2D eigenvalue weighted by atomic mass is 9.70. The van der Waals surface area contributed by atoms with Gasteiger partial charge in [0.05, 0.1) is 22.1 Å². The third-order valence-corrected chi connectivity index (χ3v) is 16.4. The first-order valence-electron chi connectivity index (χ1n) is 26.2. The lowest BCUT2D eigenvalue weighted by molar-refractivity contribution is 0.669. The van der Waals surface area contributed by atoms with E-state index in [0.717, 1.165) is 55.8 Å². The van der Waals surface area contributed by atoms with Crippen LogP contribution >= 0.6 is 0 Å². The standard InChI is InChI=1S/C73H46N2O/c1-3-17-47(18-4-1)50-37-43-69-60(45-50)61-46-51(38-44-70(61)76-69)48-33-39-53(40-34-48)74(54-41-35-49(36-42-54)55-25-15-31-67-71(55)59-24-10-14-30-66(59)75(67)52-19-5-2-6-20-52)68-32-16-29-65-72(68)58-23-9-13-28-64(58)73(65)62-26-11-7-21-56(62)57-22-8-12-27-63(57)73/h1-46H. The van der Waals surface area contributed by atoms with Crippen molar-refractivity contribution in [2.45, 2.75) is 5.41 Å². The maximum atomic E-state index is 6.41. The lowest BCUT2D eigenvalue weighted by Gasteiger charge is -2.32. The summed E-state index contributed by atoms with van der Waals surface area (Å²) in [6, 6.07) is 103. The number of nitrogens with zero attached hydrogens (tertiary/aromatic N) is 2. The van der Waals surface area contributed by atoms with Crippen molar-refractivity contribution in [1.29, 1.82) is 0 Å². The molecule has 0 saturated carbocycles. The fourth-order valence-electron chi connectivity index (χ4n) is 13.2. The molecular weight excluding hydrogens is 921 g/mol. The summed E-state index contributed by atoms with van der Waals surface area (Å²) in [7, 11) is 0. The Hall–Kier alpha value is -9.96. The lowest BCUT2D eigenvalue weighted by Crippen LogP contribution is -2.26. The van der Waals surface area contributed by atoms with E-state index in [9.17, 15) is 0 Å². The zero-order valence-electron chi connectivity index (χ0n) is 41.4. The molecule has 16 rings (SSSR count). The van der Waals surface area contributed by atoms with Crippen molar-refractivity contribution in [2.75, 3.05) is 4.90 Å². The van der Waals surface area contributed by atoms with E-state index in [2.05, 4.69) is 289 Å². The highest BCUT2D eigenvalue weighted by atomic mass is 16.3. The maximum Gasteiger partial charge on any atom is 0.135 e. The van der Waals surface area contributed by atoms with Gasteiger partial charge in [0, 0.05) is 44.2 Å². The van der Waals surface area contributed by atoms with Crippen LogP contribution in [-0.4, -0.2) is 4.57 Å². The molecule has 0 atom stereocenters. The summed E-state index contributed by atoms with van der Waals surface area (Å²) in [5.41, 5.74) is 25.6. The number of furan rings is 1. The predicted octanol–water partition coefficient (Wildman–Crippen LogP) is 19.5. The molecule has 0 saturated heterocycles. The Morgan fingerprint density at radius 3 is 1.45 bits per heavy atom. The molecule has 0 unspecified atom stereocenters. The Balaban J connectivity index is 0.870. The topological polar surface area (TPSA) is 21.3 Å². The minimum atomic E-state index is -0.468. The van der Waals surface area contributed by atoms with Crippen LogP contribution in [0, 0.1) is 0 Å². The molecule has 354 valence electrons. The molecule has 0 amide bonds. The normalized spacial score (nSPS) is 12.8. The molecule has 76 heavy (non-hydrogen) atoms. The molecule has 2 aromatic heterocycles. The molecule has 14 aromatic rings. The van der Waals surface area contributed by atoms with E-state index >= 15 is 0 Å². The summed E-state index contributed by atoms with van der Waals surface area (Å²) in [5, 5.41) is 4.72. The Kier molecular flexibility index (Phi) is 9.25. The van der Waals surface area contributed by atoms with Crippen LogP contribution in [0.2, 0.25) is 0 Å². The Morgan fingerprint density at radius 1 is 0.316 bits per heavy atom. The largest absolute Gasteiger partial charge is 0.456 e. The first-order chi connectivity index (χ1) is 37.7. The van der Waals surface area contributed by atoms with Crippen molar-refractivity contribution < 1.29 is 4.42 Å². The second kappa shape index (κ2) is 16.5. The Morgan fingerprint density at radius 2 is 0.789 bits per heavy atom. The quantitative estimate of drug-likeness (QED) is 0.159. The second-order valence-corrected chi connectivity index (χ2v) is 20.3. The zero-order chi connectivity index (χ0) is 49.9. The van der Waals surface area contributed by atoms with E-state index in [1.165, 1.54) is 88.6 Å². The van der Waals surface area contributed by atoms with Crippen LogP contribution < -0.4 is 4.90 Å². The number of fused-ring (bicyclic) bond motifs is 16. The number of para-hydroxylation sites is 2. The molecule has 3 nitrogen and oxygen atoms in total. The van der Waals surface area contributed by atoms with E-state index < -0.39 is 5.41 Å². The summed E-state index contributed by atoms with van der Waals surface area (Å²) in [6.07, 6.45) is 0. The van der Waals surface area contributed by atoms with Crippen molar-refractivity contribution in [3.8, 4) is 61.3 Å². The van der Waals surface area contributed by atoms with Crippen molar-refractivity contribution in [2.24, 2.45) is 0 Å². The van der Waals surface area contributed by atoms with Gasteiger partial charge in [-0.15, -0.1) is 0 Å². The number of hydrogen-bond acceptors (Lipinski definition) is 2. The van der Waals surface area contributed by atoms with Crippen molar-refractivity contribution in [1.82, 2.24) is 4.57 Å². The number of hydrogen-bond donors (Lipinski definition) is 0. The summed E-state index contributed by atoms with van der Waals surface area (Å²) >= 11 is 0. The molecular formula is C73H46N2O. The highest BCUT2D eigenvalue weighted by Gasteiger charge is 2.52. The summed E-state index contributed by atoms with van der Waals surface area (Å²) in [6.45, 7) is 0. The van der Waals surface area contributed by atoms with Gasteiger partial charge in [0.15, 0.2) is 0 Å². The minimum absolute atomic E-state index is 0.468. The van der Waals surface area contributed by atoms with Gasteiger partial charge in [-0.1, -0.05) is 200 Å². The molecule has 1 spiro atoms. The number of aromatic nitrogens is 1. The van der Waals surface area contributed by atoms with Gasteiger partial charge in [-0.05, 0) is 151 Å². The van der Waals surface area contributed by atoms with E-state index in [0.29, 0.717) is 0 Å². The molecule has 0 fully saturated rings. The Bertz CT molecular complexity index is 4580. The van der Waals surface area contributed by atoms with Crippen LogP contribution in [0.15, 0.2) is 283 Å². The van der Waals surface area contributed by atoms with Gasteiger partial charge in [-0.25, -0.2) is 0 Å². The molecule has 2 aliphatic rings. The fourth-order valence-corrected chi connectivity index (χ4v) is 13.2. The van der Waals surface area contributed by atoms with Crippen LogP contribution in [0.4, 0.5) is 17.1 Å². The maximum absolute atomic E-state index is 6.41. The third kappa shape index (κ3) is 6.11. The average Bonchev–Trinajstić information content (AvgIpc) is 4.19. The van der Waals surface area contributed by atoms with Crippen LogP contribution in [0.1, 0.15) is 22.3 Å². The smallest absolute Gasteiger partial charge is 0.135 e. The molecule has 2 heterocycles. The van der Waals surface area contributed by atoms with Crippen LogP contribution in [0.3, 0.4) is 0 Å². The number of rotatable bonds is 7. The van der Waals surface area contributed by atoms with Crippen molar-refractivity contribution in [3.05, 3.63) is 301 Å². The van der Waals surface area contributed by atoms with E-state index in [-0.39, 0.29) is 0 Å². The molecule has 0 radical (unpaired) electrons. The van der Waals surface area contributed by atoms with Gasteiger partial charge in [0.25, 0.3) is 0 Å². The fraction of sp³-hybridized carbons (Fsp3) is 0.0137. The molecule has 2 aliphatic carbocycles. The predicted molar refractivity (Wildman–Crippen MR) is 315 cm³/mol. The first-order valence-corrected chi connectivity index (χ1v) is 26.2. The van der Waals surface area contributed by atoms with E-state index in [1.54, 1.807) is 0 Å². The van der Waals surface area contributed by atoms with Gasteiger partial charge in [-0.2, -0.15) is 0 Å². The molecule has 12 aromatic carbocycles. The number of anilines is 3. The van der Waals surface area contributed by atoms with Gasteiger partial charge < -0.3 is 13.9 Å². The van der Waals surface area contributed by atoms with E-state index in [1.807, 2.05) is 0 Å². The first kappa shape index (κ1) is 42.5. The average molecular weight is 967 g/mol. The minimum Gasteiger partial charge on any atom is -0.456 e. The van der Waals surface area contributed by atoms with Gasteiger partial charge in [0.2, 0.25) is 0 Å². The van der Waals surface area contributed by atoms with Crippen LogP contribution in [0.5, 0.6) is 0 Å². The van der Waals surface area contributed by atoms with Gasteiger partial charge in [0.1, 0.15) is 11.2 Å². The third-order valence-electron chi connectivity index (χ3n) is 16.4. The second-order valence-electron chi connectivity index (χ2n) is 20.3. The van der Waals surface area contributed by atoms with Crippen molar-refractivity contribution in [3.63, 3.8) is 0 Å². The highest BCUT2D eigenvalue weighted by Crippen LogP contribution is 2.64. The Labute approximate surface area is 440 Å². The van der Waals surface area contributed by atoms with Crippen LogP contribution in [0.25, 0.3) is 105 Å². The van der Waals surface area contributed by atoms with E-state index in [4.69, 9.17) is 4.42 Å². The van der Waals surface area contributed by atoms with Gasteiger partial charge >= 0.3 is 0 Å². The summed E-state index contributed by atoms with van der Waals surface area (Å²) in [5.74, 6) is 0. The highest BCUT2D eigenvalue weighted by molar-refractivity contribution is 6.16. The number of benzene rings is 12. The molecule has 0 bridgehead atoms. The van der Waals surface area contributed by atoms with Gasteiger partial charge in [-0.3, -0.25) is 0 Å². The van der Waals surface area contributed by atoms with Crippen LogP contribution in [-0.2, 0) is 5.41 Å². The molecule has 0 aliphatic heterocycles. The zero-order valence-corrected chi connectivity index (χ0v) is 41.4. The molecule has 3 heteroatoms.